The number of aryl methyl sites for hydroxylation is 2. The number of rotatable bonds is 8. The first-order chi connectivity index (χ1) is 15.3. The van der Waals surface area contributed by atoms with E-state index in [0.29, 0.717) is 24.6 Å². The molecule has 9 heteroatoms. The van der Waals surface area contributed by atoms with Crippen LogP contribution in [0.15, 0.2) is 41.3 Å². The molecular weight excluding hydrogens is 432 g/mol. The normalized spacial score (nSPS) is 14.8. The summed E-state index contributed by atoms with van der Waals surface area (Å²) < 4.78 is 43.5. The predicted octanol–water partition coefficient (Wildman–Crippen LogP) is 2.62. The van der Waals surface area contributed by atoms with E-state index in [1.165, 1.54) is 36.2 Å². The minimum absolute atomic E-state index is 0.0444. The Morgan fingerprint density at radius 2 is 1.59 bits per heavy atom. The van der Waals surface area contributed by atoms with Crippen molar-refractivity contribution in [3.05, 3.63) is 47.5 Å². The van der Waals surface area contributed by atoms with Crippen molar-refractivity contribution in [3.63, 3.8) is 0 Å². The summed E-state index contributed by atoms with van der Waals surface area (Å²) in [5, 5.41) is 0. The zero-order chi connectivity index (χ0) is 23.3. The van der Waals surface area contributed by atoms with Crippen LogP contribution in [0.2, 0.25) is 0 Å². The Labute approximate surface area is 189 Å². The van der Waals surface area contributed by atoms with Crippen molar-refractivity contribution < 1.29 is 27.4 Å². The van der Waals surface area contributed by atoms with Crippen LogP contribution >= 0.6 is 0 Å². The van der Waals surface area contributed by atoms with Gasteiger partial charge in [0.2, 0.25) is 15.9 Å². The van der Waals surface area contributed by atoms with E-state index in [-0.39, 0.29) is 36.9 Å². The number of carbonyl (C=O) groups excluding carboxylic acids is 1. The Hall–Kier alpha value is -2.78. The van der Waals surface area contributed by atoms with Crippen LogP contribution in [-0.2, 0) is 14.8 Å². The minimum Gasteiger partial charge on any atom is -0.493 e. The summed E-state index contributed by atoms with van der Waals surface area (Å²) in [7, 11) is -0.738. The molecule has 0 aliphatic carbocycles. The number of piperazine rings is 1. The number of carbonyl (C=O) groups is 1. The van der Waals surface area contributed by atoms with Gasteiger partial charge in [-0.2, -0.15) is 4.31 Å². The van der Waals surface area contributed by atoms with Gasteiger partial charge in [-0.05, 0) is 49.2 Å². The molecular formula is C23H30N2O6S. The molecule has 2 aromatic carbocycles. The van der Waals surface area contributed by atoms with Crippen LogP contribution in [0.3, 0.4) is 0 Å². The van der Waals surface area contributed by atoms with Crippen LogP contribution in [0.25, 0.3) is 0 Å². The third kappa shape index (κ3) is 5.34. The Morgan fingerprint density at radius 1 is 0.906 bits per heavy atom. The highest BCUT2D eigenvalue weighted by Gasteiger charge is 2.30. The molecule has 174 valence electrons. The smallest absolute Gasteiger partial charge is 0.243 e. The summed E-state index contributed by atoms with van der Waals surface area (Å²) in [5.41, 5.74) is 2.33. The van der Waals surface area contributed by atoms with Gasteiger partial charge in [0, 0.05) is 32.2 Å². The quantitative estimate of drug-likeness (QED) is 0.600. The molecule has 0 spiro atoms. The maximum Gasteiger partial charge on any atom is 0.243 e. The van der Waals surface area contributed by atoms with Crippen LogP contribution in [0.5, 0.6) is 17.2 Å². The second-order valence-corrected chi connectivity index (χ2v) is 9.58. The molecule has 0 aromatic heterocycles. The number of sulfonamides is 1. The van der Waals surface area contributed by atoms with Crippen LogP contribution in [0.1, 0.15) is 17.5 Å². The average Bonchev–Trinajstić information content (AvgIpc) is 2.80. The number of nitrogens with zero attached hydrogens (tertiary/aromatic N) is 2. The second-order valence-electron chi connectivity index (χ2n) is 7.65. The Balaban J connectivity index is 1.53. The molecule has 1 heterocycles. The zero-order valence-electron chi connectivity index (χ0n) is 19.0. The van der Waals surface area contributed by atoms with Crippen molar-refractivity contribution in [3.8, 4) is 17.2 Å². The molecule has 2 aromatic rings. The molecule has 0 saturated carbocycles. The molecule has 1 amide bonds. The first-order valence-corrected chi connectivity index (χ1v) is 11.9. The van der Waals surface area contributed by atoms with E-state index in [1.54, 1.807) is 11.0 Å². The van der Waals surface area contributed by atoms with Gasteiger partial charge in [-0.3, -0.25) is 4.79 Å². The van der Waals surface area contributed by atoms with Crippen molar-refractivity contribution in [2.45, 2.75) is 25.2 Å². The zero-order valence-corrected chi connectivity index (χ0v) is 19.8. The van der Waals surface area contributed by atoms with Gasteiger partial charge in [0.15, 0.2) is 11.5 Å². The lowest BCUT2D eigenvalue weighted by Crippen LogP contribution is -2.50. The van der Waals surface area contributed by atoms with E-state index in [0.717, 1.165) is 11.3 Å². The van der Waals surface area contributed by atoms with Gasteiger partial charge in [0.1, 0.15) is 5.75 Å². The highest BCUT2D eigenvalue weighted by molar-refractivity contribution is 7.89. The number of amides is 1. The van der Waals surface area contributed by atoms with E-state index in [2.05, 4.69) is 0 Å². The van der Waals surface area contributed by atoms with Crippen molar-refractivity contribution in [1.82, 2.24) is 9.21 Å². The standard InChI is InChI=1S/C23H30N2O6S/c1-17-5-6-19(15-18(17)2)31-14-9-23(26)24-10-12-25(13-11-24)32(27,28)20-7-8-21(29-3)22(16-20)30-4/h5-8,15-16H,9-14H2,1-4H3. The van der Waals surface area contributed by atoms with Crippen molar-refractivity contribution in [2.24, 2.45) is 0 Å². The first-order valence-electron chi connectivity index (χ1n) is 10.5. The van der Waals surface area contributed by atoms with E-state index in [9.17, 15) is 13.2 Å². The molecule has 0 radical (unpaired) electrons. The van der Waals surface area contributed by atoms with E-state index < -0.39 is 10.0 Å². The third-order valence-corrected chi connectivity index (χ3v) is 7.54. The van der Waals surface area contributed by atoms with Gasteiger partial charge in [-0.1, -0.05) is 6.07 Å². The monoisotopic (exact) mass is 462 g/mol. The van der Waals surface area contributed by atoms with Crippen LogP contribution in [-0.4, -0.2) is 70.5 Å². The number of hydrogen-bond donors (Lipinski definition) is 0. The lowest BCUT2D eigenvalue weighted by atomic mass is 10.1. The molecule has 1 aliphatic heterocycles. The summed E-state index contributed by atoms with van der Waals surface area (Å²) >= 11 is 0. The summed E-state index contributed by atoms with van der Waals surface area (Å²) in [6, 6.07) is 10.4. The molecule has 3 rings (SSSR count). The fourth-order valence-corrected chi connectivity index (χ4v) is 4.96. The second kappa shape index (κ2) is 10.2. The highest BCUT2D eigenvalue weighted by atomic mass is 32.2. The Bertz CT molecular complexity index is 1060. The van der Waals surface area contributed by atoms with Gasteiger partial charge >= 0.3 is 0 Å². The van der Waals surface area contributed by atoms with Crippen LogP contribution in [0, 0.1) is 13.8 Å². The largest absolute Gasteiger partial charge is 0.493 e. The van der Waals surface area contributed by atoms with E-state index in [4.69, 9.17) is 14.2 Å². The van der Waals surface area contributed by atoms with Gasteiger partial charge in [0.05, 0.1) is 32.1 Å². The van der Waals surface area contributed by atoms with Gasteiger partial charge in [0.25, 0.3) is 0 Å². The maximum atomic E-state index is 13.0. The molecule has 1 aliphatic rings. The Morgan fingerprint density at radius 3 is 2.22 bits per heavy atom. The molecule has 0 unspecified atom stereocenters. The van der Waals surface area contributed by atoms with Crippen molar-refractivity contribution >= 4 is 15.9 Å². The maximum absolute atomic E-state index is 13.0. The summed E-state index contributed by atoms with van der Waals surface area (Å²) in [4.78, 5) is 14.4. The third-order valence-electron chi connectivity index (χ3n) is 5.65. The van der Waals surface area contributed by atoms with Crippen molar-refractivity contribution in [2.75, 3.05) is 47.0 Å². The fraction of sp³-hybridized carbons (Fsp3) is 0.435. The average molecular weight is 463 g/mol. The van der Waals surface area contributed by atoms with Crippen molar-refractivity contribution in [1.29, 1.82) is 0 Å². The summed E-state index contributed by atoms with van der Waals surface area (Å²) in [6.45, 7) is 5.49. The highest BCUT2D eigenvalue weighted by Crippen LogP contribution is 2.31. The molecule has 1 fully saturated rings. The summed E-state index contributed by atoms with van der Waals surface area (Å²) in [6.07, 6.45) is 0.245. The SMILES string of the molecule is COc1ccc(S(=O)(=O)N2CCN(C(=O)CCOc3ccc(C)c(C)c3)CC2)cc1OC. The molecule has 0 atom stereocenters. The number of ether oxygens (including phenoxy) is 3. The minimum atomic E-state index is -3.69. The number of hydrogen-bond acceptors (Lipinski definition) is 6. The molecule has 0 bridgehead atoms. The van der Waals surface area contributed by atoms with Crippen LogP contribution in [0.4, 0.5) is 0 Å². The molecule has 0 N–H and O–H groups in total. The van der Waals surface area contributed by atoms with Gasteiger partial charge in [-0.25, -0.2) is 8.42 Å². The van der Waals surface area contributed by atoms with E-state index >= 15 is 0 Å². The van der Waals surface area contributed by atoms with Crippen LogP contribution < -0.4 is 14.2 Å². The first kappa shape index (κ1) is 23.9. The molecule has 8 nitrogen and oxygen atoms in total. The predicted molar refractivity (Wildman–Crippen MR) is 121 cm³/mol. The topological polar surface area (TPSA) is 85.4 Å². The molecule has 1 saturated heterocycles. The lowest BCUT2D eigenvalue weighted by Gasteiger charge is -2.34. The van der Waals surface area contributed by atoms with Gasteiger partial charge < -0.3 is 19.1 Å². The van der Waals surface area contributed by atoms with E-state index in [1.807, 2.05) is 32.0 Å². The van der Waals surface area contributed by atoms with Gasteiger partial charge in [-0.15, -0.1) is 0 Å². The lowest BCUT2D eigenvalue weighted by molar-refractivity contribution is -0.132. The number of benzene rings is 2. The molecule has 32 heavy (non-hydrogen) atoms. The fourth-order valence-electron chi connectivity index (χ4n) is 3.52. The summed E-state index contributed by atoms with van der Waals surface area (Å²) in [5.74, 6) is 1.51. The number of methoxy groups -OCH3 is 2. The Kier molecular flexibility index (Phi) is 7.63.